The fourth-order valence-corrected chi connectivity index (χ4v) is 2.21. The number of hydrogen-bond donors (Lipinski definition) is 1. The van der Waals surface area contributed by atoms with Crippen molar-refractivity contribution in [2.75, 3.05) is 5.32 Å². The van der Waals surface area contributed by atoms with Crippen LogP contribution in [0.3, 0.4) is 0 Å². The second-order valence-electron chi connectivity index (χ2n) is 5.39. The second kappa shape index (κ2) is 7.47. The maximum atomic E-state index is 12.3. The van der Waals surface area contributed by atoms with Gasteiger partial charge in [-0.15, -0.1) is 5.10 Å². The van der Waals surface area contributed by atoms with Crippen molar-refractivity contribution in [2.24, 2.45) is 0 Å². The standard InChI is InChI=1S/C16H17N7O2/c1-2-3-10-22-15(24)9-8-14(19-22)16(25)18-12-4-6-13(7-5-12)23-11-17-20-21-23/h4-9,11H,2-3,10H2,1H3,(H,18,25). The van der Waals surface area contributed by atoms with Gasteiger partial charge in [0.05, 0.1) is 5.69 Å². The van der Waals surface area contributed by atoms with E-state index in [-0.39, 0.29) is 17.2 Å². The van der Waals surface area contributed by atoms with Crippen LogP contribution in [0.25, 0.3) is 5.69 Å². The molecule has 0 aliphatic heterocycles. The van der Waals surface area contributed by atoms with E-state index in [2.05, 4.69) is 25.9 Å². The number of aromatic nitrogens is 6. The molecule has 9 nitrogen and oxygen atoms in total. The Morgan fingerprint density at radius 3 is 2.64 bits per heavy atom. The minimum absolute atomic E-state index is 0.195. The van der Waals surface area contributed by atoms with Crippen LogP contribution in [-0.4, -0.2) is 35.9 Å². The average molecular weight is 339 g/mol. The van der Waals surface area contributed by atoms with Crippen LogP contribution in [0.15, 0.2) is 47.5 Å². The molecule has 0 fully saturated rings. The van der Waals surface area contributed by atoms with Crippen LogP contribution >= 0.6 is 0 Å². The minimum atomic E-state index is -0.375. The summed E-state index contributed by atoms with van der Waals surface area (Å²) in [6, 6.07) is 9.82. The highest BCUT2D eigenvalue weighted by Crippen LogP contribution is 2.12. The summed E-state index contributed by atoms with van der Waals surface area (Å²) in [5.41, 5.74) is 1.36. The molecule has 0 aliphatic carbocycles. The SMILES string of the molecule is CCCCn1nc(C(=O)Nc2ccc(-n3cnnn3)cc2)ccc1=O. The third kappa shape index (κ3) is 3.94. The van der Waals surface area contributed by atoms with Crippen molar-refractivity contribution >= 4 is 11.6 Å². The summed E-state index contributed by atoms with van der Waals surface area (Å²) in [6.45, 7) is 2.53. The Morgan fingerprint density at radius 2 is 1.96 bits per heavy atom. The zero-order valence-corrected chi connectivity index (χ0v) is 13.7. The lowest BCUT2D eigenvalue weighted by Gasteiger charge is -2.08. The summed E-state index contributed by atoms with van der Waals surface area (Å²) in [6.07, 6.45) is 3.26. The molecular weight excluding hydrogens is 322 g/mol. The fraction of sp³-hybridized carbons (Fsp3) is 0.250. The van der Waals surface area contributed by atoms with Crippen molar-refractivity contribution in [3.05, 3.63) is 58.8 Å². The van der Waals surface area contributed by atoms with Crippen LogP contribution in [-0.2, 0) is 6.54 Å². The maximum absolute atomic E-state index is 12.3. The first-order chi connectivity index (χ1) is 12.2. The van der Waals surface area contributed by atoms with Gasteiger partial charge in [-0.05, 0) is 47.2 Å². The molecule has 2 aromatic heterocycles. The van der Waals surface area contributed by atoms with Gasteiger partial charge in [0.1, 0.15) is 12.0 Å². The first kappa shape index (κ1) is 16.5. The van der Waals surface area contributed by atoms with E-state index in [0.717, 1.165) is 18.5 Å². The minimum Gasteiger partial charge on any atom is -0.321 e. The Balaban J connectivity index is 1.72. The molecule has 9 heteroatoms. The number of carbonyl (C=O) groups excluding carboxylic acids is 1. The smallest absolute Gasteiger partial charge is 0.276 e. The molecule has 2 heterocycles. The Hall–Kier alpha value is -3.36. The van der Waals surface area contributed by atoms with E-state index in [1.165, 1.54) is 27.8 Å². The van der Waals surface area contributed by atoms with Gasteiger partial charge in [0.25, 0.3) is 11.5 Å². The van der Waals surface area contributed by atoms with Gasteiger partial charge in [-0.2, -0.15) is 5.10 Å². The van der Waals surface area contributed by atoms with E-state index < -0.39 is 0 Å². The Kier molecular flexibility index (Phi) is 4.93. The zero-order chi connectivity index (χ0) is 17.6. The molecule has 0 spiro atoms. The fourth-order valence-electron chi connectivity index (χ4n) is 2.21. The molecule has 128 valence electrons. The number of carbonyl (C=O) groups is 1. The highest BCUT2D eigenvalue weighted by atomic mass is 16.2. The molecule has 0 saturated heterocycles. The lowest BCUT2D eigenvalue weighted by Crippen LogP contribution is -2.26. The zero-order valence-electron chi connectivity index (χ0n) is 13.7. The molecule has 25 heavy (non-hydrogen) atoms. The summed E-state index contributed by atoms with van der Waals surface area (Å²) >= 11 is 0. The Morgan fingerprint density at radius 1 is 1.16 bits per heavy atom. The molecule has 1 N–H and O–H groups in total. The molecule has 0 radical (unpaired) electrons. The normalized spacial score (nSPS) is 10.6. The van der Waals surface area contributed by atoms with Crippen molar-refractivity contribution in [3.63, 3.8) is 0 Å². The van der Waals surface area contributed by atoms with Crippen molar-refractivity contribution in [1.82, 2.24) is 30.0 Å². The van der Waals surface area contributed by atoms with Crippen molar-refractivity contribution in [1.29, 1.82) is 0 Å². The van der Waals surface area contributed by atoms with E-state index in [0.29, 0.717) is 12.2 Å². The molecule has 3 rings (SSSR count). The first-order valence-electron chi connectivity index (χ1n) is 7.90. The molecule has 0 atom stereocenters. The molecular formula is C16H17N7O2. The summed E-state index contributed by atoms with van der Waals surface area (Å²) in [7, 11) is 0. The lowest BCUT2D eigenvalue weighted by molar-refractivity contribution is 0.101. The predicted molar refractivity (Wildman–Crippen MR) is 90.5 cm³/mol. The Labute approximate surface area is 143 Å². The van der Waals surface area contributed by atoms with Crippen LogP contribution in [0.4, 0.5) is 5.69 Å². The molecule has 0 unspecified atom stereocenters. The van der Waals surface area contributed by atoms with Gasteiger partial charge in [0.2, 0.25) is 0 Å². The van der Waals surface area contributed by atoms with Gasteiger partial charge in [-0.1, -0.05) is 13.3 Å². The van der Waals surface area contributed by atoms with Crippen LogP contribution in [0.1, 0.15) is 30.3 Å². The topological polar surface area (TPSA) is 108 Å². The van der Waals surface area contributed by atoms with E-state index in [1.54, 1.807) is 24.3 Å². The van der Waals surface area contributed by atoms with Gasteiger partial charge >= 0.3 is 0 Å². The molecule has 0 saturated carbocycles. The summed E-state index contributed by atoms with van der Waals surface area (Å²) in [4.78, 5) is 24.1. The van der Waals surface area contributed by atoms with E-state index in [1.807, 2.05) is 6.92 Å². The van der Waals surface area contributed by atoms with Gasteiger partial charge in [-0.3, -0.25) is 9.59 Å². The van der Waals surface area contributed by atoms with Crippen molar-refractivity contribution in [3.8, 4) is 5.69 Å². The highest BCUT2D eigenvalue weighted by molar-refractivity contribution is 6.02. The molecule has 0 aliphatic rings. The largest absolute Gasteiger partial charge is 0.321 e. The summed E-state index contributed by atoms with van der Waals surface area (Å²) in [5, 5.41) is 17.8. The third-order valence-corrected chi connectivity index (χ3v) is 3.56. The van der Waals surface area contributed by atoms with Gasteiger partial charge in [0.15, 0.2) is 0 Å². The van der Waals surface area contributed by atoms with E-state index in [9.17, 15) is 9.59 Å². The van der Waals surface area contributed by atoms with Crippen molar-refractivity contribution in [2.45, 2.75) is 26.3 Å². The first-order valence-corrected chi connectivity index (χ1v) is 7.90. The molecule has 1 amide bonds. The average Bonchev–Trinajstić information content (AvgIpc) is 3.16. The van der Waals surface area contributed by atoms with Crippen LogP contribution in [0, 0.1) is 0 Å². The Bertz CT molecular complexity index is 901. The number of amides is 1. The van der Waals surface area contributed by atoms with Crippen LogP contribution in [0.5, 0.6) is 0 Å². The lowest BCUT2D eigenvalue weighted by atomic mass is 10.2. The predicted octanol–water partition coefficient (Wildman–Crippen LogP) is 1.27. The van der Waals surface area contributed by atoms with Gasteiger partial charge < -0.3 is 5.32 Å². The van der Waals surface area contributed by atoms with E-state index >= 15 is 0 Å². The molecule has 0 bridgehead atoms. The molecule has 1 aromatic carbocycles. The molecule has 3 aromatic rings. The number of rotatable bonds is 6. The number of unbranched alkanes of at least 4 members (excludes halogenated alkanes) is 1. The van der Waals surface area contributed by atoms with Gasteiger partial charge in [-0.25, -0.2) is 9.36 Å². The number of tetrazole rings is 1. The van der Waals surface area contributed by atoms with Crippen LogP contribution in [0.2, 0.25) is 0 Å². The van der Waals surface area contributed by atoms with Crippen molar-refractivity contribution < 1.29 is 4.79 Å². The number of benzene rings is 1. The second-order valence-corrected chi connectivity index (χ2v) is 5.39. The highest BCUT2D eigenvalue weighted by Gasteiger charge is 2.10. The number of nitrogens with zero attached hydrogens (tertiary/aromatic N) is 6. The quantitative estimate of drug-likeness (QED) is 0.724. The number of nitrogens with one attached hydrogen (secondary N) is 1. The number of aryl methyl sites for hydroxylation is 1. The maximum Gasteiger partial charge on any atom is 0.276 e. The van der Waals surface area contributed by atoms with E-state index in [4.69, 9.17) is 0 Å². The number of hydrogen-bond acceptors (Lipinski definition) is 6. The summed E-state index contributed by atoms with van der Waals surface area (Å²) in [5.74, 6) is -0.375. The van der Waals surface area contributed by atoms with Crippen LogP contribution < -0.4 is 10.9 Å². The monoisotopic (exact) mass is 339 g/mol. The van der Waals surface area contributed by atoms with Gasteiger partial charge in [0, 0.05) is 18.3 Å². The number of anilines is 1. The summed E-state index contributed by atoms with van der Waals surface area (Å²) < 4.78 is 2.83. The third-order valence-electron chi connectivity index (χ3n) is 3.56.